The molecule has 2 aromatic rings. The van der Waals surface area contributed by atoms with Gasteiger partial charge in [0.1, 0.15) is 11.5 Å². The third-order valence-electron chi connectivity index (χ3n) is 3.69. The first kappa shape index (κ1) is 23.4. The van der Waals surface area contributed by atoms with E-state index in [0.29, 0.717) is 28.8 Å². The number of alkyl halides is 1. The lowest BCUT2D eigenvalue weighted by Gasteiger charge is -2.19. The largest absolute Gasteiger partial charge is 0.538 e. The summed E-state index contributed by atoms with van der Waals surface area (Å²) in [5, 5.41) is 11.4. The number of nitrogens with one attached hydrogen (secondary N) is 1. The number of methoxy groups -OCH3 is 2. The summed E-state index contributed by atoms with van der Waals surface area (Å²) in [7, 11) is -2.91. The van der Waals surface area contributed by atoms with E-state index in [-0.39, 0.29) is 28.9 Å². The molecule has 29 heavy (non-hydrogen) atoms. The summed E-state index contributed by atoms with van der Waals surface area (Å²) < 4.78 is 49.5. The SMILES string of the molecule is COc1ccc(OC)c(-c2oc(NS(=O)(=O)CCCBr)c(O[Si](C)(C)C)c2O)c1. The monoisotopic (exact) mass is 507 g/mol. The minimum Gasteiger partial charge on any atom is -0.538 e. The minimum atomic E-state index is -3.69. The average molecular weight is 508 g/mol. The van der Waals surface area contributed by atoms with Gasteiger partial charge in [0.15, 0.2) is 5.76 Å². The molecule has 0 bridgehead atoms. The Labute approximate surface area is 180 Å². The van der Waals surface area contributed by atoms with Crippen LogP contribution in [0.1, 0.15) is 6.42 Å². The first-order valence-corrected chi connectivity index (χ1v) is 15.0. The van der Waals surface area contributed by atoms with Crippen LogP contribution in [-0.4, -0.2) is 47.1 Å². The highest BCUT2D eigenvalue weighted by molar-refractivity contribution is 9.09. The first-order chi connectivity index (χ1) is 13.5. The van der Waals surface area contributed by atoms with Crippen molar-refractivity contribution in [2.24, 2.45) is 0 Å². The molecule has 2 N–H and O–H groups in total. The molecule has 0 unspecified atom stereocenters. The molecule has 0 saturated heterocycles. The van der Waals surface area contributed by atoms with E-state index >= 15 is 0 Å². The molecule has 1 aromatic heterocycles. The van der Waals surface area contributed by atoms with Gasteiger partial charge in [0, 0.05) is 5.33 Å². The molecule has 0 atom stereocenters. The second-order valence-electron chi connectivity index (χ2n) is 7.18. The number of rotatable bonds is 10. The number of hydrogen-bond acceptors (Lipinski definition) is 7. The maximum atomic E-state index is 12.4. The van der Waals surface area contributed by atoms with E-state index in [1.165, 1.54) is 14.2 Å². The quantitative estimate of drug-likeness (QED) is 0.362. The Bertz CT molecular complexity index is 954. The van der Waals surface area contributed by atoms with Crippen molar-refractivity contribution in [2.45, 2.75) is 26.1 Å². The van der Waals surface area contributed by atoms with Crippen molar-refractivity contribution in [3.05, 3.63) is 18.2 Å². The fourth-order valence-electron chi connectivity index (χ4n) is 2.49. The zero-order valence-corrected chi connectivity index (χ0v) is 20.4. The fraction of sp³-hybridized carbons (Fsp3) is 0.444. The molecule has 11 heteroatoms. The Morgan fingerprint density at radius 2 is 1.90 bits per heavy atom. The molecule has 8 nitrogen and oxygen atoms in total. The van der Waals surface area contributed by atoms with Gasteiger partial charge >= 0.3 is 0 Å². The summed E-state index contributed by atoms with van der Waals surface area (Å²) in [4.78, 5) is 0. The predicted octanol–water partition coefficient (Wildman–Crippen LogP) is 4.41. The molecule has 2 rings (SSSR count). The van der Waals surface area contributed by atoms with Crippen molar-refractivity contribution < 1.29 is 31.8 Å². The van der Waals surface area contributed by atoms with Gasteiger partial charge in [-0.2, -0.15) is 0 Å². The smallest absolute Gasteiger partial charge is 0.252 e. The van der Waals surface area contributed by atoms with Crippen LogP contribution in [-0.2, 0) is 10.0 Å². The van der Waals surface area contributed by atoms with Crippen molar-refractivity contribution in [1.82, 2.24) is 0 Å². The van der Waals surface area contributed by atoms with Crippen LogP contribution in [0.25, 0.3) is 11.3 Å². The van der Waals surface area contributed by atoms with Crippen molar-refractivity contribution in [3.63, 3.8) is 0 Å². The molecule has 1 aromatic carbocycles. The molecule has 0 aliphatic rings. The summed E-state index contributed by atoms with van der Waals surface area (Å²) in [6.45, 7) is 5.73. The molecular weight excluding hydrogens is 482 g/mol. The van der Waals surface area contributed by atoms with Gasteiger partial charge in [-0.05, 0) is 44.3 Å². The lowest BCUT2D eigenvalue weighted by Crippen LogP contribution is -2.29. The van der Waals surface area contributed by atoms with Crippen LogP contribution in [0.3, 0.4) is 0 Å². The highest BCUT2D eigenvalue weighted by atomic mass is 79.9. The standard InChI is InChI=1S/C18H26BrNO7SSi/c1-24-12-7-8-14(25-2)13(11-12)16-15(21)17(27-29(3,4)5)18(26-16)20-28(22,23)10-6-9-19/h7-8,11,20-21H,6,9-10H2,1-5H3. The number of hydrogen-bond donors (Lipinski definition) is 2. The molecule has 0 spiro atoms. The highest BCUT2D eigenvalue weighted by Crippen LogP contribution is 2.50. The van der Waals surface area contributed by atoms with Gasteiger partial charge < -0.3 is 23.4 Å². The van der Waals surface area contributed by atoms with Gasteiger partial charge in [0.05, 0.1) is 25.5 Å². The Kier molecular flexibility index (Phi) is 7.52. The number of halogens is 1. The minimum absolute atomic E-state index is 0.0205. The first-order valence-electron chi connectivity index (χ1n) is 8.85. The number of furan rings is 1. The Hall–Kier alpha value is -1.85. The highest BCUT2D eigenvalue weighted by Gasteiger charge is 2.31. The molecule has 0 amide bonds. The van der Waals surface area contributed by atoms with Crippen molar-refractivity contribution in [1.29, 1.82) is 0 Å². The van der Waals surface area contributed by atoms with Crippen molar-refractivity contribution in [3.8, 4) is 34.3 Å². The van der Waals surface area contributed by atoms with E-state index in [2.05, 4.69) is 20.7 Å². The van der Waals surface area contributed by atoms with Gasteiger partial charge in [0.2, 0.25) is 29.8 Å². The van der Waals surface area contributed by atoms with Crippen LogP contribution in [0.2, 0.25) is 19.6 Å². The van der Waals surface area contributed by atoms with Gasteiger partial charge in [-0.25, -0.2) is 13.1 Å². The number of anilines is 1. The van der Waals surface area contributed by atoms with E-state index in [9.17, 15) is 13.5 Å². The topological polar surface area (TPSA) is 107 Å². The summed E-state index contributed by atoms with van der Waals surface area (Å²) in [6, 6.07) is 4.99. The van der Waals surface area contributed by atoms with Crippen molar-refractivity contribution >= 4 is 40.2 Å². The summed E-state index contributed by atoms with van der Waals surface area (Å²) >= 11 is 3.22. The van der Waals surface area contributed by atoms with Crippen LogP contribution in [0.15, 0.2) is 22.6 Å². The predicted molar refractivity (Wildman–Crippen MR) is 119 cm³/mol. The zero-order valence-electron chi connectivity index (χ0n) is 17.0. The van der Waals surface area contributed by atoms with E-state index < -0.39 is 18.3 Å². The van der Waals surface area contributed by atoms with Crippen LogP contribution < -0.4 is 18.6 Å². The van der Waals surface area contributed by atoms with Gasteiger partial charge in [-0.1, -0.05) is 15.9 Å². The van der Waals surface area contributed by atoms with Gasteiger partial charge in [-0.15, -0.1) is 0 Å². The fourth-order valence-corrected chi connectivity index (χ4v) is 4.98. The number of ether oxygens (including phenoxy) is 2. The number of aromatic hydroxyl groups is 1. The molecule has 1 heterocycles. The van der Waals surface area contributed by atoms with Crippen LogP contribution in [0.5, 0.6) is 23.0 Å². The molecule has 0 aliphatic heterocycles. The summed E-state index contributed by atoms with van der Waals surface area (Å²) in [6.07, 6.45) is 0.419. The normalized spacial score (nSPS) is 11.9. The molecule has 162 valence electrons. The van der Waals surface area contributed by atoms with E-state index in [0.717, 1.165) is 0 Å². The van der Waals surface area contributed by atoms with Gasteiger partial charge in [-0.3, -0.25) is 0 Å². The van der Waals surface area contributed by atoms with Crippen molar-refractivity contribution in [2.75, 3.05) is 30.0 Å². The second-order valence-corrected chi connectivity index (χ2v) is 14.2. The van der Waals surface area contributed by atoms with E-state index in [4.69, 9.17) is 18.3 Å². The summed E-state index contributed by atoms with van der Waals surface area (Å²) in [5.74, 6) is 0.339. The Morgan fingerprint density at radius 1 is 1.21 bits per heavy atom. The third kappa shape index (κ3) is 6.06. The number of sulfonamides is 1. The van der Waals surface area contributed by atoms with Crippen LogP contribution >= 0.6 is 15.9 Å². The molecule has 0 saturated carbocycles. The lowest BCUT2D eigenvalue weighted by atomic mass is 10.1. The van der Waals surface area contributed by atoms with E-state index in [1.807, 2.05) is 19.6 Å². The maximum Gasteiger partial charge on any atom is 0.252 e. The van der Waals surface area contributed by atoms with Gasteiger partial charge in [0.25, 0.3) is 5.88 Å². The summed E-state index contributed by atoms with van der Waals surface area (Å²) in [5.41, 5.74) is 0.399. The second kappa shape index (κ2) is 9.31. The Morgan fingerprint density at radius 3 is 2.45 bits per heavy atom. The third-order valence-corrected chi connectivity index (χ3v) is 6.39. The zero-order chi connectivity index (χ0) is 21.8. The molecule has 0 aliphatic carbocycles. The lowest BCUT2D eigenvalue weighted by molar-refractivity contribution is 0.402. The van der Waals surface area contributed by atoms with Crippen LogP contribution in [0, 0.1) is 0 Å². The van der Waals surface area contributed by atoms with E-state index in [1.54, 1.807) is 18.2 Å². The molecule has 0 fully saturated rings. The van der Waals surface area contributed by atoms with Crippen LogP contribution in [0.4, 0.5) is 5.88 Å². The maximum absolute atomic E-state index is 12.4. The molecule has 0 radical (unpaired) electrons. The number of benzene rings is 1. The Balaban J connectivity index is 2.61. The molecular formula is C18H26BrNO7SSi. The average Bonchev–Trinajstić information content (AvgIpc) is 2.93.